The van der Waals surface area contributed by atoms with Gasteiger partial charge in [0.15, 0.2) is 0 Å². The Labute approximate surface area is 111 Å². The Bertz CT molecular complexity index is 566. The predicted molar refractivity (Wildman–Crippen MR) is 71.2 cm³/mol. The van der Waals surface area contributed by atoms with Gasteiger partial charge in [0.1, 0.15) is 17.2 Å². The van der Waals surface area contributed by atoms with Crippen molar-refractivity contribution in [1.82, 2.24) is 10.2 Å². The molecule has 0 atom stereocenters. The summed E-state index contributed by atoms with van der Waals surface area (Å²) >= 11 is 0. The Morgan fingerprint density at radius 2 is 2.05 bits per heavy atom. The van der Waals surface area contributed by atoms with Gasteiger partial charge >= 0.3 is 0 Å². The summed E-state index contributed by atoms with van der Waals surface area (Å²) in [5.74, 6) is 1.05. The first-order valence-electron chi connectivity index (χ1n) is 5.64. The van der Waals surface area contributed by atoms with E-state index in [4.69, 9.17) is 14.9 Å². The van der Waals surface area contributed by atoms with Crippen LogP contribution in [0.1, 0.15) is 5.56 Å². The molecule has 0 bridgehead atoms. The van der Waals surface area contributed by atoms with Gasteiger partial charge in [0.25, 0.3) is 5.91 Å². The summed E-state index contributed by atoms with van der Waals surface area (Å²) in [6, 6.07) is 5.32. The second-order valence-corrected chi connectivity index (χ2v) is 4.00. The quantitative estimate of drug-likeness (QED) is 0.797. The number of carbonyl (C=O) groups excluding carboxylic acids is 1. The molecule has 0 unspecified atom stereocenters. The lowest BCUT2D eigenvalue weighted by Gasteiger charge is -2.11. The molecule has 1 amide bonds. The highest BCUT2D eigenvalue weighted by molar-refractivity contribution is 6.14. The van der Waals surface area contributed by atoms with E-state index in [0.29, 0.717) is 22.8 Å². The average molecular weight is 261 g/mol. The lowest BCUT2D eigenvalue weighted by Crippen LogP contribution is -2.25. The number of hydrogen-bond donors (Lipinski definition) is 2. The first-order chi connectivity index (χ1) is 9.06. The second-order valence-electron chi connectivity index (χ2n) is 4.00. The molecule has 2 rings (SSSR count). The smallest absolute Gasteiger partial charge is 0.274 e. The van der Waals surface area contributed by atoms with E-state index in [-0.39, 0.29) is 11.9 Å². The highest BCUT2D eigenvalue weighted by Crippen LogP contribution is 2.27. The number of ether oxygens (including phenoxy) is 2. The minimum absolute atomic E-state index is 0.0538. The van der Waals surface area contributed by atoms with Gasteiger partial charge in [-0.25, -0.2) is 0 Å². The molecule has 1 aromatic carbocycles. The predicted octanol–water partition coefficient (Wildman–Crippen LogP) is 1.04. The van der Waals surface area contributed by atoms with Crippen LogP contribution in [0.5, 0.6) is 11.5 Å². The third kappa shape index (κ3) is 2.37. The molecule has 2 N–H and O–H groups in total. The van der Waals surface area contributed by atoms with Gasteiger partial charge in [-0.05, 0) is 24.3 Å². The second kappa shape index (κ2) is 5.01. The SMILES string of the molecule is COc1ccc(OC)c(C=C2C(=O)NC(=N)N2C)c1. The maximum Gasteiger partial charge on any atom is 0.274 e. The van der Waals surface area contributed by atoms with Crippen molar-refractivity contribution in [1.29, 1.82) is 5.41 Å². The normalized spacial score (nSPS) is 16.8. The van der Waals surface area contributed by atoms with Crippen molar-refractivity contribution in [3.63, 3.8) is 0 Å². The molecular formula is C13H15N3O3. The number of rotatable bonds is 3. The lowest BCUT2D eigenvalue weighted by atomic mass is 10.1. The third-order valence-corrected chi connectivity index (χ3v) is 2.89. The van der Waals surface area contributed by atoms with Crippen LogP contribution in [0.15, 0.2) is 23.9 Å². The van der Waals surface area contributed by atoms with E-state index in [1.165, 1.54) is 4.90 Å². The molecule has 0 radical (unpaired) electrons. The van der Waals surface area contributed by atoms with Crippen LogP contribution in [-0.2, 0) is 4.79 Å². The van der Waals surface area contributed by atoms with Crippen LogP contribution < -0.4 is 14.8 Å². The van der Waals surface area contributed by atoms with Crippen molar-refractivity contribution in [2.75, 3.05) is 21.3 Å². The summed E-state index contributed by atoms with van der Waals surface area (Å²) in [5, 5.41) is 9.99. The highest BCUT2D eigenvalue weighted by Gasteiger charge is 2.27. The van der Waals surface area contributed by atoms with Gasteiger partial charge in [0, 0.05) is 12.6 Å². The number of benzene rings is 1. The molecule has 0 saturated carbocycles. The van der Waals surface area contributed by atoms with Crippen LogP contribution in [0, 0.1) is 5.41 Å². The largest absolute Gasteiger partial charge is 0.497 e. The number of nitrogens with zero attached hydrogens (tertiary/aromatic N) is 1. The zero-order valence-electron chi connectivity index (χ0n) is 11.0. The van der Waals surface area contributed by atoms with Crippen molar-refractivity contribution in [3.05, 3.63) is 29.5 Å². The topological polar surface area (TPSA) is 74.6 Å². The van der Waals surface area contributed by atoms with Crippen molar-refractivity contribution in [2.45, 2.75) is 0 Å². The molecule has 0 spiro atoms. The molecule has 6 heteroatoms. The van der Waals surface area contributed by atoms with Crippen LogP contribution in [0.2, 0.25) is 0 Å². The van der Waals surface area contributed by atoms with Crippen molar-refractivity contribution in [3.8, 4) is 11.5 Å². The van der Waals surface area contributed by atoms with Crippen molar-refractivity contribution >= 4 is 17.9 Å². The molecule has 100 valence electrons. The molecule has 1 aliphatic heterocycles. The number of likely N-dealkylation sites (N-methyl/N-ethyl adjacent to an activating group) is 1. The molecular weight excluding hydrogens is 246 g/mol. The zero-order chi connectivity index (χ0) is 14.0. The molecule has 0 aromatic heterocycles. The van der Waals surface area contributed by atoms with E-state index in [0.717, 1.165) is 0 Å². The fourth-order valence-corrected chi connectivity index (χ4v) is 1.79. The molecule has 0 aliphatic carbocycles. The zero-order valence-corrected chi connectivity index (χ0v) is 11.0. The van der Waals surface area contributed by atoms with Gasteiger partial charge < -0.3 is 14.4 Å². The van der Waals surface area contributed by atoms with Crippen LogP contribution >= 0.6 is 0 Å². The first-order valence-corrected chi connectivity index (χ1v) is 5.64. The van der Waals surface area contributed by atoms with Crippen LogP contribution in [0.3, 0.4) is 0 Å². The van der Waals surface area contributed by atoms with Gasteiger partial charge in [0.05, 0.1) is 14.2 Å². The monoisotopic (exact) mass is 261 g/mol. The Morgan fingerprint density at radius 3 is 2.58 bits per heavy atom. The number of nitrogens with one attached hydrogen (secondary N) is 2. The summed E-state index contributed by atoms with van der Waals surface area (Å²) in [7, 11) is 4.78. The molecule has 19 heavy (non-hydrogen) atoms. The standard InChI is InChI=1S/C13H15N3O3/c1-16-10(12(17)15-13(16)14)7-8-6-9(18-2)4-5-11(8)19-3/h4-7H,1-3H3,(H2,14,15,17). The molecule has 6 nitrogen and oxygen atoms in total. The summed E-state index contributed by atoms with van der Waals surface area (Å²) in [6.45, 7) is 0. The van der Waals surface area contributed by atoms with Gasteiger partial charge in [0.2, 0.25) is 5.96 Å². The van der Waals surface area contributed by atoms with E-state index in [9.17, 15) is 4.79 Å². The van der Waals surface area contributed by atoms with E-state index in [1.807, 2.05) is 0 Å². The molecule has 1 aliphatic rings. The van der Waals surface area contributed by atoms with E-state index in [2.05, 4.69) is 5.32 Å². The minimum atomic E-state index is -0.308. The number of methoxy groups -OCH3 is 2. The van der Waals surface area contributed by atoms with Crippen LogP contribution in [-0.4, -0.2) is 38.0 Å². The van der Waals surface area contributed by atoms with E-state index >= 15 is 0 Å². The van der Waals surface area contributed by atoms with E-state index < -0.39 is 0 Å². The summed E-state index contributed by atoms with van der Waals surface area (Å²) in [4.78, 5) is 13.2. The molecule has 1 fully saturated rings. The Morgan fingerprint density at radius 1 is 1.32 bits per heavy atom. The molecule has 1 heterocycles. The molecule has 1 saturated heterocycles. The summed E-state index contributed by atoms with van der Waals surface area (Å²) in [6.07, 6.45) is 1.66. The number of carbonyl (C=O) groups is 1. The van der Waals surface area contributed by atoms with E-state index in [1.54, 1.807) is 45.5 Å². The number of hydrogen-bond acceptors (Lipinski definition) is 4. The Hall–Kier alpha value is -2.50. The van der Waals surface area contributed by atoms with Crippen LogP contribution in [0.25, 0.3) is 6.08 Å². The third-order valence-electron chi connectivity index (χ3n) is 2.89. The maximum absolute atomic E-state index is 11.7. The Kier molecular flexibility index (Phi) is 3.41. The Balaban J connectivity index is 2.47. The lowest BCUT2D eigenvalue weighted by molar-refractivity contribution is -0.115. The van der Waals surface area contributed by atoms with Crippen molar-refractivity contribution in [2.24, 2.45) is 0 Å². The minimum Gasteiger partial charge on any atom is -0.497 e. The average Bonchev–Trinajstić information content (AvgIpc) is 2.65. The highest BCUT2D eigenvalue weighted by atomic mass is 16.5. The maximum atomic E-state index is 11.7. The van der Waals surface area contributed by atoms with Gasteiger partial charge in [-0.2, -0.15) is 0 Å². The number of guanidine groups is 1. The summed E-state index contributed by atoms with van der Waals surface area (Å²) in [5.41, 5.74) is 1.10. The summed E-state index contributed by atoms with van der Waals surface area (Å²) < 4.78 is 10.4. The van der Waals surface area contributed by atoms with Gasteiger partial charge in [-0.3, -0.25) is 15.5 Å². The fourth-order valence-electron chi connectivity index (χ4n) is 1.79. The fraction of sp³-hybridized carbons (Fsp3) is 0.231. The van der Waals surface area contributed by atoms with Gasteiger partial charge in [-0.1, -0.05) is 0 Å². The van der Waals surface area contributed by atoms with Crippen LogP contribution in [0.4, 0.5) is 0 Å². The van der Waals surface area contributed by atoms with Gasteiger partial charge in [-0.15, -0.1) is 0 Å². The first kappa shape index (κ1) is 12.9. The molecule has 1 aromatic rings. The number of amides is 1. The van der Waals surface area contributed by atoms with Crippen molar-refractivity contribution < 1.29 is 14.3 Å².